The molecule has 0 fully saturated rings. The third-order valence-electron chi connectivity index (χ3n) is 1.52. The number of hydrogen-bond donors (Lipinski definition) is 0. The van der Waals surface area contributed by atoms with Crippen molar-refractivity contribution in [2.75, 3.05) is 7.11 Å². The van der Waals surface area contributed by atoms with Crippen LogP contribution in [0.3, 0.4) is 0 Å². The summed E-state index contributed by atoms with van der Waals surface area (Å²) in [6.45, 7) is 0. The van der Waals surface area contributed by atoms with E-state index in [1.165, 1.54) is 7.11 Å². The van der Waals surface area contributed by atoms with E-state index in [-0.39, 0.29) is 5.75 Å². The first-order chi connectivity index (χ1) is 6.01. The van der Waals surface area contributed by atoms with Gasteiger partial charge in [0.25, 0.3) is 0 Å². The van der Waals surface area contributed by atoms with Crippen LogP contribution in [-0.2, 0) is 15.8 Å². The van der Waals surface area contributed by atoms with E-state index in [1.807, 2.05) is 0 Å². The average Bonchev–Trinajstić information content (AvgIpc) is 2.03. The Morgan fingerprint density at radius 1 is 1.31 bits per heavy atom. The van der Waals surface area contributed by atoms with Crippen LogP contribution in [0.2, 0.25) is 0 Å². The van der Waals surface area contributed by atoms with Crippen molar-refractivity contribution < 1.29 is 13.2 Å². The monoisotopic (exact) mass is 200 g/mol. The van der Waals surface area contributed by atoms with Gasteiger partial charge in [-0.05, 0) is 17.7 Å². The molecule has 4 nitrogen and oxygen atoms in total. The summed E-state index contributed by atoms with van der Waals surface area (Å²) in [5, 5.41) is 6.71. The maximum absolute atomic E-state index is 10.6. The highest BCUT2D eigenvalue weighted by Crippen LogP contribution is 2.12. The van der Waals surface area contributed by atoms with Crippen molar-refractivity contribution in [2.45, 2.75) is 5.75 Å². The molecule has 71 valence electrons. The van der Waals surface area contributed by atoms with E-state index >= 15 is 0 Å². The van der Waals surface area contributed by atoms with Crippen molar-refractivity contribution in [1.82, 2.24) is 5.14 Å². The maximum Gasteiger partial charge on any atom is 0.229 e. The summed E-state index contributed by atoms with van der Waals surface area (Å²) in [6.07, 6.45) is 0. The number of hydrogen-bond acceptors (Lipinski definition) is 3. The summed E-state index contributed by atoms with van der Waals surface area (Å²) in [6, 6.07) is 6.59. The number of ether oxygens (including phenoxy) is 1. The minimum absolute atomic E-state index is 0.253. The Bertz CT molecular complexity index is 369. The SMILES string of the molecule is COc1ccc(CS([NH])(=O)=O)cc1. The topological polar surface area (TPSA) is 67.2 Å². The lowest BCUT2D eigenvalue weighted by atomic mass is 10.2. The van der Waals surface area contributed by atoms with Crippen molar-refractivity contribution in [3.8, 4) is 5.75 Å². The van der Waals surface area contributed by atoms with E-state index in [1.54, 1.807) is 24.3 Å². The lowest BCUT2D eigenvalue weighted by Gasteiger charge is -2.01. The highest BCUT2D eigenvalue weighted by Gasteiger charge is 2.05. The summed E-state index contributed by atoms with van der Waals surface area (Å²) >= 11 is 0. The van der Waals surface area contributed by atoms with Gasteiger partial charge in [0.15, 0.2) is 0 Å². The van der Waals surface area contributed by atoms with E-state index in [0.29, 0.717) is 11.3 Å². The van der Waals surface area contributed by atoms with Crippen LogP contribution in [0.15, 0.2) is 24.3 Å². The molecule has 0 bridgehead atoms. The van der Waals surface area contributed by atoms with Crippen molar-refractivity contribution in [3.63, 3.8) is 0 Å². The molecular weight excluding hydrogens is 190 g/mol. The molecule has 0 aliphatic rings. The van der Waals surface area contributed by atoms with Gasteiger partial charge >= 0.3 is 0 Å². The maximum atomic E-state index is 10.6. The molecule has 0 saturated heterocycles. The molecule has 5 heteroatoms. The molecule has 0 heterocycles. The fraction of sp³-hybridized carbons (Fsp3) is 0.250. The predicted octanol–water partition coefficient (Wildman–Crippen LogP) is 0.808. The quantitative estimate of drug-likeness (QED) is 0.725. The van der Waals surface area contributed by atoms with Crippen LogP contribution >= 0.6 is 0 Å². The number of rotatable bonds is 3. The van der Waals surface area contributed by atoms with Crippen molar-refractivity contribution in [3.05, 3.63) is 29.8 Å². The van der Waals surface area contributed by atoms with Gasteiger partial charge < -0.3 is 4.74 Å². The fourth-order valence-corrected chi connectivity index (χ4v) is 1.57. The summed E-state index contributed by atoms with van der Waals surface area (Å²) in [5.74, 6) is 0.419. The first-order valence-electron chi connectivity index (χ1n) is 3.61. The van der Waals surface area contributed by atoms with E-state index in [0.717, 1.165) is 0 Å². The summed E-state index contributed by atoms with van der Waals surface area (Å²) in [7, 11) is -2.15. The van der Waals surface area contributed by atoms with Crippen LogP contribution in [0.4, 0.5) is 0 Å². The zero-order chi connectivity index (χ0) is 9.90. The van der Waals surface area contributed by atoms with Gasteiger partial charge in [-0.2, -0.15) is 0 Å². The van der Waals surface area contributed by atoms with Crippen molar-refractivity contribution >= 4 is 10.0 Å². The van der Waals surface area contributed by atoms with Crippen LogP contribution in [0.25, 0.3) is 0 Å². The molecule has 0 aromatic heterocycles. The van der Waals surface area contributed by atoms with E-state index in [9.17, 15) is 8.42 Å². The third-order valence-corrected chi connectivity index (χ3v) is 2.23. The molecule has 0 unspecified atom stereocenters. The van der Waals surface area contributed by atoms with Gasteiger partial charge in [0, 0.05) is 0 Å². The molecule has 0 atom stereocenters. The van der Waals surface area contributed by atoms with Gasteiger partial charge in [0.2, 0.25) is 10.0 Å². The predicted molar refractivity (Wildman–Crippen MR) is 48.7 cm³/mol. The highest BCUT2D eigenvalue weighted by atomic mass is 32.2. The standard InChI is InChI=1S/C8H10NO3S/c1-12-8-4-2-7(3-5-8)6-13(9,10)11/h2-5,9H,6H2,1H3. The third kappa shape index (κ3) is 3.43. The Hall–Kier alpha value is -1.07. The molecule has 1 aromatic rings. The fourth-order valence-electron chi connectivity index (χ4n) is 0.941. The largest absolute Gasteiger partial charge is 0.497 e. The first-order valence-corrected chi connectivity index (χ1v) is 5.27. The minimum atomic E-state index is -3.69. The van der Waals surface area contributed by atoms with Crippen molar-refractivity contribution in [2.24, 2.45) is 0 Å². The molecule has 0 amide bonds. The lowest BCUT2D eigenvalue weighted by Crippen LogP contribution is -2.03. The minimum Gasteiger partial charge on any atom is -0.497 e. The summed E-state index contributed by atoms with van der Waals surface area (Å²) < 4.78 is 26.1. The molecule has 0 aliphatic carbocycles. The molecular formula is C8H10NO3S. The van der Waals surface area contributed by atoms with E-state index < -0.39 is 10.0 Å². The lowest BCUT2D eigenvalue weighted by molar-refractivity contribution is 0.414. The Balaban J connectivity index is 2.81. The number of methoxy groups -OCH3 is 1. The zero-order valence-corrected chi connectivity index (χ0v) is 7.97. The zero-order valence-electron chi connectivity index (χ0n) is 7.15. The molecule has 0 spiro atoms. The molecule has 0 aliphatic heterocycles. The average molecular weight is 200 g/mol. The van der Waals surface area contributed by atoms with Crippen LogP contribution in [0.5, 0.6) is 5.75 Å². The van der Waals surface area contributed by atoms with Crippen molar-refractivity contribution in [1.29, 1.82) is 0 Å². The van der Waals surface area contributed by atoms with Crippen LogP contribution < -0.4 is 9.88 Å². The number of benzene rings is 1. The molecule has 1 radical (unpaired) electrons. The second-order valence-corrected chi connectivity index (χ2v) is 4.13. The Kier molecular flexibility index (Phi) is 2.90. The smallest absolute Gasteiger partial charge is 0.229 e. The molecule has 1 N–H and O–H groups in total. The Morgan fingerprint density at radius 3 is 2.23 bits per heavy atom. The van der Waals surface area contributed by atoms with Crippen LogP contribution in [0, 0.1) is 0 Å². The van der Waals surface area contributed by atoms with Gasteiger partial charge in [-0.25, -0.2) is 8.42 Å². The number of nitrogens with one attached hydrogen (secondary N) is 1. The number of sulfonamides is 1. The van der Waals surface area contributed by atoms with E-state index in [2.05, 4.69) is 0 Å². The summed E-state index contributed by atoms with van der Waals surface area (Å²) in [4.78, 5) is 0. The van der Waals surface area contributed by atoms with Gasteiger partial charge in [-0.3, -0.25) is 0 Å². The molecule has 0 saturated carbocycles. The second kappa shape index (κ2) is 3.76. The van der Waals surface area contributed by atoms with Gasteiger partial charge in [-0.1, -0.05) is 12.1 Å². The first kappa shape index (κ1) is 10.0. The van der Waals surface area contributed by atoms with Crippen LogP contribution in [-0.4, -0.2) is 15.5 Å². The molecule has 13 heavy (non-hydrogen) atoms. The van der Waals surface area contributed by atoms with E-state index in [4.69, 9.17) is 9.88 Å². The van der Waals surface area contributed by atoms with Gasteiger partial charge in [0.05, 0.1) is 12.9 Å². The van der Waals surface area contributed by atoms with Crippen LogP contribution in [0.1, 0.15) is 5.56 Å². The summed E-state index contributed by atoms with van der Waals surface area (Å²) in [5.41, 5.74) is 0.593. The molecule has 1 aromatic carbocycles. The Labute approximate surface area is 77.4 Å². The normalized spacial score (nSPS) is 11.2. The Morgan fingerprint density at radius 2 is 1.85 bits per heavy atom. The second-order valence-electron chi connectivity index (χ2n) is 2.61. The highest BCUT2D eigenvalue weighted by molar-refractivity contribution is 7.88. The van der Waals surface area contributed by atoms with Gasteiger partial charge in [0.1, 0.15) is 5.75 Å². The molecule has 1 rings (SSSR count). The van der Waals surface area contributed by atoms with Gasteiger partial charge in [-0.15, -0.1) is 5.14 Å².